The lowest BCUT2D eigenvalue weighted by Crippen LogP contribution is -2.41. The van der Waals surface area contributed by atoms with Gasteiger partial charge < -0.3 is 9.47 Å². The van der Waals surface area contributed by atoms with Gasteiger partial charge in [0.2, 0.25) is 0 Å². The molecule has 146 valence electrons. The zero-order chi connectivity index (χ0) is 21.0. The van der Waals surface area contributed by atoms with Crippen molar-refractivity contribution in [1.29, 1.82) is 0 Å². The fourth-order valence-corrected chi connectivity index (χ4v) is 4.87. The second-order valence-electron chi connectivity index (χ2n) is 6.76. The molecule has 4 aromatic rings. The summed E-state index contributed by atoms with van der Waals surface area (Å²) in [5.74, 6) is 1.25. The number of thiazole rings is 1. The summed E-state index contributed by atoms with van der Waals surface area (Å²) in [6, 6.07) is 10.2. The number of hydrogen-bond donors (Lipinski definition) is 0. The maximum absolute atomic E-state index is 13.0. The predicted molar refractivity (Wildman–Crippen MR) is 115 cm³/mol. The van der Waals surface area contributed by atoms with Gasteiger partial charge in [0.25, 0.3) is 5.91 Å². The van der Waals surface area contributed by atoms with Gasteiger partial charge in [0.05, 0.1) is 17.6 Å². The lowest BCUT2D eigenvalue weighted by molar-refractivity contribution is 0.0638. The molecule has 0 saturated heterocycles. The number of amides is 1. The summed E-state index contributed by atoms with van der Waals surface area (Å²) < 4.78 is 10.9. The Morgan fingerprint density at radius 1 is 1.17 bits per heavy atom. The number of hydrogen-bond acceptors (Lipinski definition) is 5. The molecule has 6 nitrogen and oxygen atoms in total. The Balaban J connectivity index is 1.47. The van der Waals surface area contributed by atoms with E-state index < -0.39 is 0 Å². The highest BCUT2D eigenvalue weighted by Crippen LogP contribution is 2.34. The van der Waals surface area contributed by atoms with Crippen LogP contribution in [0.2, 0.25) is 10.0 Å². The quantitative estimate of drug-likeness (QED) is 0.432. The number of halogens is 2. The minimum atomic E-state index is -0.263. The van der Waals surface area contributed by atoms with E-state index in [1.807, 2.05) is 29.7 Å². The van der Waals surface area contributed by atoms with Crippen LogP contribution in [0.15, 0.2) is 42.4 Å². The molecule has 0 N–H and O–H groups in total. The lowest BCUT2D eigenvalue weighted by Gasteiger charge is -2.33. The van der Waals surface area contributed by atoms with E-state index in [4.69, 9.17) is 24.6 Å². The highest BCUT2D eigenvalue weighted by molar-refractivity contribution is 7.21. The van der Waals surface area contributed by atoms with Crippen molar-refractivity contribution in [3.63, 3.8) is 0 Å². The average Bonchev–Trinajstić information content (AvgIpc) is 3.33. The van der Waals surface area contributed by atoms with Crippen molar-refractivity contribution in [3.8, 4) is 10.8 Å². The number of benzene rings is 2. The summed E-state index contributed by atoms with van der Waals surface area (Å²) in [4.78, 5) is 19.4. The van der Waals surface area contributed by atoms with Crippen molar-refractivity contribution in [3.05, 3.63) is 63.9 Å². The Bertz CT molecular complexity index is 1300. The molecule has 0 spiro atoms. The molecule has 0 fully saturated rings. The zero-order valence-electron chi connectivity index (χ0n) is 16.3. The molecule has 0 saturated carbocycles. The fourth-order valence-electron chi connectivity index (χ4n) is 3.52. The van der Waals surface area contributed by atoms with Gasteiger partial charge in [0.15, 0.2) is 16.7 Å². The van der Waals surface area contributed by atoms with Crippen molar-refractivity contribution in [2.24, 2.45) is 0 Å². The van der Waals surface area contributed by atoms with Gasteiger partial charge in [-0.15, -0.1) is 21.5 Å². The number of rotatable bonds is 2. The molecule has 0 bridgehead atoms. The van der Waals surface area contributed by atoms with Gasteiger partial charge in [-0.25, -0.2) is 4.98 Å². The van der Waals surface area contributed by atoms with Gasteiger partial charge >= 0.3 is 0 Å². The number of fused-ring (bicyclic) bond motifs is 2. The van der Waals surface area contributed by atoms with Crippen LogP contribution in [-0.2, 0) is 6.54 Å². The molecule has 3 heterocycles. The van der Waals surface area contributed by atoms with E-state index in [2.05, 4.69) is 15.2 Å². The summed E-state index contributed by atoms with van der Waals surface area (Å²) in [5.41, 5.74) is 1.30. The monoisotopic (exact) mass is 444 g/mol. The van der Waals surface area contributed by atoms with Crippen LogP contribution in [0, 0.1) is 0 Å². The van der Waals surface area contributed by atoms with Gasteiger partial charge in [-0.05, 0) is 49.4 Å². The van der Waals surface area contributed by atoms with Crippen molar-refractivity contribution in [1.82, 2.24) is 24.6 Å². The van der Waals surface area contributed by atoms with Crippen LogP contribution < -0.4 is 0 Å². The fraction of sp³-hybridized carbons (Fsp3) is 0.200. The van der Waals surface area contributed by atoms with Crippen molar-refractivity contribution < 1.29 is 6.17 Å². The van der Waals surface area contributed by atoms with Crippen LogP contribution in [0.25, 0.3) is 21.0 Å². The van der Waals surface area contributed by atoms with Gasteiger partial charge in [0.1, 0.15) is 0 Å². The molecule has 0 aliphatic carbocycles. The zero-order valence-corrected chi connectivity index (χ0v) is 17.6. The molecule has 1 amide bonds. The van der Waals surface area contributed by atoms with Crippen LogP contribution >= 0.6 is 34.5 Å². The average molecular weight is 445 g/mol. The van der Waals surface area contributed by atoms with E-state index in [-0.39, 0.29) is 18.0 Å². The summed E-state index contributed by atoms with van der Waals surface area (Å²) >= 11 is 13.5. The first-order valence-corrected chi connectivity index (χ1v) is 10.6. The van der Waals surface area contributed by atoms with E-state index in [0.717, 1.165) is 15.2 Å². The third kappa shape index (κ3) is 3.19. The van der Waals surface area contributed by atoms with Crippen molar-refractivity contribution in [2.45, 2.75) is 19.5 Å². The molecule has 9 heteroatoms. The second kappa shape index (κ2) is 7.09. The normalized spacial score (nSPS) is 16.7. The summed E-state index contributed by atoms with van der Waals surface area (Å²) in [6.07, 6.45) is 0. The Hall–Kier alpha value is -2.48. The number of carbonyl (C=O) groups is 1. The second-order valence-corrected chi connectivity index (χ2v) is 8.64. The molecule has 1 aliphatic heterocycles. The number of nitrogens with zero attached hydrogens (tertiary/aromatic N) is 5. The smallest absolute Gasteiger partial charge is 0.254 e. The first kappa shape index (κ1) is 17.4. The van der Waals surface area contributed by atoms with Gasteiger partial charge in [-0.3, -0.25) is 4.79 Å². The molecular formula is C20H15Cl2N5OS. The maximum atomic E-state index is 13.0. The molecule has 1 atom stereocenters. The Kier molecular flexibility index (Phi) is 4.25. The van der Waals surface area contributed by atoms with Gasteiger partial charge in [-0.2, -0.15) is 0 Å². The summed E-state index contributed by atoms with van der Waals surface area (Å²) in [5, 5.41) is 10.5. The first-order valence-electron chi connectivity index (χ1n) is 9.49. The van der Waals surface area contributed by atoms with E-state index in [1.165, 1.54) is 17.4 Å². The number of aromatic nitrogens is 4. The SMILES string of the molecule is [2H]c1cc(C(=O)N2CCn3c(-c4nc5ccc(Cl)cc5s4)nnc3[C@H]2C)ccc1Cl. The van der Waals surface area contributed by atoms with E-state index in [1.54, 1.807) is 17.0 Å². The van der Waals surface area contributed by atoms with Crippen LogP contribution in [0.1, 0.15) is 30.5 Å². The van der Waals surface area contributed by atoms with Crippen LogP contribution in [0.4, 0.5) is 0 Å². The summed E-state index contributed by atoms with van der Waals surface area (Å²) in [6.45, 7) is 2.99. The van der Waals surface area contributed by atoms with E-state index in [9.17, 15) is 4.79 Å². The Morgan fingerprint density at radius 2 is 2.00 bits per heavy atom. The molecule has 1 aliphatic rings. The van der Waals surface area contributed by atoms with Crippen molar-refractivity contribution >= 4 is 50.7 Å². The topological polar surface area (TPSA) is 63.9 Å². The minimum absolute atomic E-state index is 0.133. The van der Waals surface area contributed by atoms with E-state index in [0.29, 0.717) is 40.3 Å². The molecule has 29 heavy (non-hydrogen) atoms. The molecule has 0 unspecified atom stereocenters. The highest BCUT2D eigenvalue weighted by atomic mass is 35.5. The van der Waals surface area contributed by atoms with Crippen LogP contribution in [-0.4, -0.2) is 37.1 Å². The summed E-state index contributed by atoms with van der Waals surface area (Å²) in [7, 11) is 0. The Morgan fingerprint density at radius 3 is 2.83 bits per heavy atom. The lowest BCUT2D eigenvalue weighted by atomic mass is 10.1. The molecule has 2 aromatic carbocycles. The molecular weight excluding hydrogens is 429 g/mol. The standard InChI is InChI=1S/C20H15Cl2N5OS/c1-11-17-24-25-18(19-23-15-7-6-14(22)10-16(15)29-19)27(17)9-8-26(11)20(28)12-2-4-13(21)5-3-12/h2-7,10-11H,8-9H2,1H3/t11-/m1/s1/i4D. The Labute approximate surface area is 182 Å². The van der Waals surface area contributed by atoms with Gasteiger partial charge in [0, 0.05) is 28.7 Å². The third-order valence-corrected chi connectivity index (χ3v) is 6.49. The minimum Gasteiger partial charge on any atom is -0.327 e. The molecule has 2 aromatic heterocycles. The number of carbonyl (C=O) groups excluding carboxylic acids is 1. The van der Waals surface area contributed by atoms with Crippen LogP contribution in [0.5, 0.6) is 0 Å². The molecule has 5 rings (SSSR count). The van der Waals surface area contributed by atoms with Gasteiger partial charge in [-0.1, -0.05) is 23.2 Å². The maximum Gasteiger partial charge on any atom is 0.254 e. The predicted octanol–water partition coefficient (Wildman–Crippen LogP) is 5.08. The highest BCUT2D eigenvalue weighted by Gasteiger charge is 2.32. The third-order valence-electron chi connectivity index (χ3n) is 5.01. The molecule has 0 radical (unpaired) electrons. The van der Waals surface area contributed by atoms with Crippen LogP contribution in [0.3, 0.4) is 0 Å². The largest absolute Gasteiger partial charge is 0.327 e. The van der Waals surface area contributed by atoms with Crippen molar-refractivity contribution in [2.75, 3.05) is 6.54 Å². The van der Waals surface area contributed by atoms with E-state index >= 15 is 0 Å². The first-order chi connectivity index (χ1) is 14.4.